The standard InChI is InChI=1S/C13H30Si.C12H28Si/c1-2-3-4-5-6-7-8-9-10-11-12-13-14;1-5-9-13(10-6-2,11-7-3)12-8-4/h2-13H2,1,14H3;5-12H2,1-4H3. The van der Waals surface area contributed by atoms with Gasteiger partial charge in [0.15, 0.2) is 0 Å². The lowest BCUT2D eigenvalue weighted by atomic mass is 10.1. The molecule has 0 rings (SSSR count). The molecule has 0 aromatic heterocycles. The summed E-state index contributed by atoms with van der Waals surface area (Å²) >= 11 is 0. The van der Waals surface area contributed by atoms with Crippen LogP contribution in [0.5, 0.6) is 0 Å². The zero-order valence-electron chi connectivity index (χ0n) is 20.6. The molecule has 0 atom stereocenters. The molecule has 0 aliphatic rings. The number of hydrogen-bond acceptors (Lipinski definition) is 0. The predicted octanol–water partition coefficient (Wildman–Crippen LogP) is 9.16. The Morgan fingerprint density at radius 2 is 0.704 bits per heavy atom. The van der Waals surface area contributed by atoms with E-state index in [2.05, 4.69) is 34.6 Å². The monoisotopic (exact) mass is 414 g/mol. The molecule has 0 amide bonds. The van der Waals surface area contributed by atoms with Crippen molar-refractivity contribution in [3.63, 3.8) is 0 Å². The molecule has 0 aliphatic carbocycles. The van der Waals surface area contributed by atoms with Crippen LogP contribution in [0, 0.1) is 0 Å². The molecule has 0 N–H and O–H groups in total. The largest absolute Gasteiger partial charge is 0.0658 e. The molecule has 0 fully saturated rings. The van der Waals surface area contributed by atoms with Crippen molar-refractivity contribution in [2.75, 3.05) is 0 Å². The molecule has 0 unspecified atom stereocenters. The number of unbranched alkanes of at least 4 members (excludes halogenated alkanes) is 10. The van der Waals surface area contributed by atoms with E-state index in [0.717, 1.165) is 0 Å². The first-order valence-corrected chi connectivity index (χ1v) is 17.4. The summed E-state index contributed by atoms with van der Waals surface area (Å²) < 4.78 is 0. The summed E-state index contributed by atoms with van der Waals surface area (Å²) in [5.74, 6) is 0. The average molecular weight is 415 g/mol. The lowest BCUT2D eigenvalue weighted by Crippen LogP contribution is -2.32. The molecule has 0 spiro atoms. The van der Waals surface area contributed by atoms with Crippen molar-refractivity contribution in [3.05, 3.63) is 0 Å². The van der Waals surface area contributed by atoms with Crippen LogP contribution in [0.2, 0.25) is 30.2 Å². The van der Waals surface area contributed by atoms with Crippen molar-refractivity contribution in [2.24, 2.45) is 0 Å². The van der Waals surface area contributed by atoms with Crippen LogP contribution >= 0.6 is 0 Å². The molecule has 0 saturated carbocycles. The Morgan fingerprint density at radius 3 is 0.963 bits per heavy atom. The van der Waals surface area contributed by atoms with Crippen molar-refractivity contribution in [1.82, 2.24) is 0 Å². The van der Waals surface area contributed by atoms with E-state index >= 15 is 0 Å². The van der Waals surface area contributed by atoms with Crippen molar-refractivity contribution in [3.8, 4) is 0 Å². The van der Waals surface area contributed by atoms with Gasteiger partial charge >= 0.3 is 0 Å². The Hall–Kier alpha value is 0.434. The Morgan fingerprint density at radius 1 is 0.407 bits per heavy atom. The van der Waals surface area contributed by atoms with Gasteiger partial charge in [0.25, 0.3) is 0 Å². The molecule has 166 valence electrons. The summed E-state index contributed by atoms with van der Waals surface area (Å²) in [7, 11) is 0.614. The second kappa shape index (κ2) is 24.5. The van der Waals surface area contributed by atoms with E-state index in [9.17, 15) is 0 Å². The van der Waals surface area contributed by atoms with Crippen LogP contribution < -0.4 is 0 Å². The third-order valence-corrected chi connectivity index (χ3v) is 13.0. The van der Waals surface area contributed by atoms with Gasteiger partial charge in [0.2, 0.25) is 0 Å². The highest BCUT2D eigenvalue weighted by atomic mass is 28.3. The zero-order valence-corrected chi connectivity index (χ0v) is 23.6. The molecule has 0 bridgehead atoms. The van der Waals surface area contributed by atoms with Crippen LogP contribution in [0.3, 0.4) is 0 Å². The van der Waals surface area contributed by atoms with Crippen molar-refractivity contribution < 1.29 is 0 Å². The van der Waals surface area contributed by atoms with Gasteiger partial charge < -0.3 is 0 Å². The summed E-state index contributed by atoms with van der Waals surface area (Å²) in [5.41, 5.74) is 0. The molecule has 0 aromatic carbocycles. The second-order valence-electron chi connectivity index (χ2n) is 9.04. The molecule has 0 aromatic rings. The topological polar surface area (TPSA) is 0 Å². The van der Waals surface area contributed by atoms with Crippen LogP contribution in [-0.2, 0) is 0 Å². The maximum absolute atomic E-state index is 2.36. The van der Waals surface area contributed by atoms with E-state index in [0.29, 0.717) is 0 Å². The summed E-state index contributed by atoms with van der Waals surface area (Å²) in [6, 6.07) is 7.85. The average Bonchev–Trinajstić information content (AvgIpc) is 2.65. The SMILES string of the molecule is CCCCCCCCCCCCC[SiH3].CCC[Si](CCC)(CCC)CCC. The van der Waals surface area contributed by atoms with Gasteiger partial charge in [-0.05, 0) is 0 Å². The van der Waals surface area contributed by atoms with Gasteiger partial charge in [-0.15, -0.1) is 0 Å². The minimum absolute atomic E-state index is 0.796. The van der Waals surface area contributed by atoms with E-state index in [4.69, 9.17) is 0 Å². The maximum atomic E-state index is 2.36. The molecule has 0 aliphatic heterocycles. The van der Waals surface area contributed by atoms with Crippen LogP contribution in [0.1, 0.15) is 131 Å². The summed E-state index contributed by atoms with van der Waals surface area (Å²) in [6.07, 6.45) is 21.9. The molecule has 0 heterocycles. The van der Waals surface area contributed by atoms with Gasteiger partial charge in [0.1, 0.15) is 0 Å². The van der Waals surface area contributed by atoms with E-state index in [1.165, 1.54) is 113 Å². The van der Waals surface area contributed by atoms with Crippen LogP contribution in [-0.4, -0.2) is 18.3 Å². The zero-order chi connectivity index (χ0) is 20.6. The first-order chi connectivity index (χ1) is 13.2. The Kier molecular flexibility index (Phi) is 26.9. The minimum Gasteiger partial charge on any atom is -0.0658 e. The smallest absolute Gasteiger partial charge is 0.0535 e. The molecule has 27 heavy (non-hydrogen) atoms. The fourth-order valence-corrected chi connectivity index (χ4v) is 11.0. The summed E-state index contributed by atoms with van der Waals surface area (Å²) in [6.45, 7) is 11.7. The maximum Gasteiger partial charge on any atom is 0.0535 e. The minimum atomic E-state index is -0.796. The summed E-state index contributed by atoms with van der Waals surface area (Å²) in [4.78, 5) is 0. The van der Waals surface area contributed by atoms with Crippen LogP contribution in [0.25, 0.3) is 0 Å². The van der Waals surface area contributed by atoms with E-state index in [1.807, 2.05) is 0 Å². The first-order valence-electron chi connectivity index (χ1n) is 13.2. The molecule has 0 saturated heterocycles. The molecular weight excluding hydrogens is 356 g/mol. The normalized spacial score (nSPS) is 11.4. The van der Waals surface area contributed by atoms with Crippen molar-refractivity contribution >= 4 is 18.3 Å². The Bertz CT molecular complexity index is 211. The second-order valence-corrected chi connectivity index (χ2v) is 15.0. The van der Waals surface area contributed by atoms with Crippen molar-refractivity contribution in [2.45, 2.75) is 161 Å². The van der Waals surface area contributed by atoms with Crippen molar-refractivity contribution in [1.29, 1.82) is 0 Å². The number of rotatable bonds is 19. The highest BCUT2D eigenvalue weighted by Crippen LogP contribution is 2.31. The van der Waals surface area contributed by atoms with Gasteiger partial charge in [-0.2, -0.15) is 0 Å². The highest BCUT2D eigenvalue weighted by Gasteiger charge is 2.28. The summed E-state index contributed by atoms with van der Waals surface area (Å²) in [5, 5.41) is 0. The lowest BCUT2D eigenvalue weighted by molar-refractivity contribution is 0.554. The highest BCUT2D eigenvalue weighted by molar-refractivity contribution is 6.79. The van der Waals surface area contributed by atoms with E-state index in [-0.39, 0.29) is 0 Å². The third kappa shape index (κ3) is 21.0. The van der Waals surface area contributed by atoms with Gasteiger partial charge in [-0.25, -0.2) is 0 Å². The lowest BCUT2D eigenvalue weighted by Gasteiger charge is -2.31. The molecular formula is C25H58Si2. The quantitative estimate of drug-likeness (QED) is 0.146. The van der Waals surface area contributed by atoms with Crippen LogP contribution in [0.4, 0.5) is 0 Å². The van der Waals surface area contributed by atoms with E-state index in [1.54, 1.807) is 24.2 Å². The van der Waals surface area contributed by atoms with Gasteiger partial charge in [0.05, 0.1) is 8.07 Å². The molecule has 0 nitrogen and oxygen atoms in total. The fourth-order valence-electron chi connectivity index (χ4n) is 4.79. The fraction of sp³-hybridized carbons (Fsp3) is 1.00. The third-order valence-electron chi connectivity index (χ3n) is 6.08. The van der Waals surface area contributed by atoms with Gasteiger partial charge in [-0.1, -0.05) is 161 Å². The van der Waals surface area contributed by atoms with Gasteiger partial charge in [0, 0.05) is 10.2 Å². The predicted molar refractivity (Wildman–Crippen MR) is 137 cm³/mol. The van der Waals surface area contributed by atoms with Gasteiger partial charge in [-0.3, -0.25) is 0 Å². The molecule has 2 heteroatoms. The van der Waals surface area contributed by atoms with E-state index < -0.39 is 8.07 Å². The Balaban J connectivity index is 0. The molecule has 0 radical (unpaired) electrons. The first kappa shape index (κ1) is 29.6. The van der Waals surface area contributed by atoms with Crippen LogP contribution in [0.15, 0.2) is 0 Å². The number of hydrogen-bond donors (Lipinski definition) is 0. The Labute approximate surface area is 179 Å².